The largest absolute Gasteiger partial charge is 0.347 e. The average Bonchev–Trinajstić information content (AvgIpc) is 2.42. The van der Waals surface area contributed by atoms with Crippen LogP contribution in [0, 0.1) is 12.3 Å². The van der Waals surface area contributed by atoms with Crippen LogP contribution < -0.4 is 10.6 Å². The fraction of sp³-hybridized carbons (Fsp3) is 0.286. The molecule has 0 aliphatic heterocycles. The molecule has 0 unspecified atom stereocenters. The minimum absolute atomic E-state index is 0.0408. The Morgan fingerprint density at radius 2 is 1.84 bits per heavy atom. The van der Waals surface area contributed by atoms with Crippen molar-refractivity contribution in [1.82, 2.24) is 10.6 Å². The van der Waals surface area contributed by atoms with E-state index in [0.29, 0.717) is 12.8 Å². The number of nitrogens with one attached hydrogen (secondary N) is 2. The smallest absolute Gasteiger partial charge is 0.240 e. The summed E-state index contributed by atoms with van der Waals surface area (Å²) in [6.45, 7) is 0.133. The molecule has 4 nitrogen and oxygen atoms in total. The van der Waals surface area contributed by atoms with E-state index in [-0.39, 0.29) is 24.9 Å². The lowest BCUT2D eigenvalue weighted by molar-refractivity contribution is -0.125. The highest BCUT2D eigenvalue weighted by atomic mass is 79.9. The normalized spacial score (nSPS) is 9.47. The van der Waals surface area contributed by atoms with E-state index in [0.717, 1.165) is 10.0 Å². The molecule has 19 heavy (non-hydrogen) atoms. The predicted octanol–water partition coefficient (Wildman–Crippen LogP) is 1.25. The summed E-state index contributed by atoms with van der Waals surface area (Å²) in [5, 5.41) is 5.02. The summed E-state index contributed by atoms with van der Waals surface area (Å²) in [7, 11) is 0. The number of rotatable bonds is 6. The quantitative estimate of drug-likeness (QED) is 0.774. The van der Waals surface area contributed by atoms with Crippen LogP contribution in [0.15, 0.2) is 28.7 Å². The number of carbonyl (C=O) groups is 2. The first kappa shape index (κ1) is 15.3. The Morgan fingerprint density at radius 3 is 2.47 bits per heavy atom. The van der Waals surface area contributed by atoms with Crippen LogP contribution >= 0.6 is 15.9 Å². The Kier molecular flexibility index (Phi) is 6.69. The lowest BCUT2D eigenvalue weighted by atomic mass is 10.1. The molecule has 5 heteroatoms. The molecule has 0 fully saturated rings. The van der Waals surface area contributed by atoms with Crippen LogP contribution in [0.2, 0.25) is 0 Å². The second kappa shape index (κ2) is 8.33. The number of carbonyl (C=O) groups excluding carboxylic acids is 2. The summed E-state index contributed by atoms with van der Waals surface area (Å²) >= 11 is 3.35. The maximum Gasteiger partial charge on any atom is 0.240 e. The van der Waals surface area contributed by atoms with Crippen molar-refractivity contribution in [1.29, 1.82) is 0 Å². The van der Waals surface area contributed by atoms with Gasteiger partial charge in [-0.25, -0.2) is 0 Å². The van der Waals surface area contributed by atoms with E-state index < -0.39 is 0 Å². The zero-order chi connectivity index (χ0) is 14.1. The Hall–Kier alpha value is -1.80. The molecule has 1 aromatic carbocycles. The topological polar surface area (TPSA) is 58.2 Å². The summed E-state index contributed by atoms with van der Waals surface area (Å²) in [5.41, 5.74) is 1.08. The van der Waals surface area contributed by atoms with Crippen molar-refractivity contribution in [2.75, 3.05) is 13.1 Å². The highest BCUT2D eigenvalue weighted by molar-refractivity contribution is 9.10. The molecule has 0 aliphatic carbocycles. The van der Waals surface area contributed by atoms with Gasteiger partial charge in [0, 0.05) is 10.9 Å². The molecule has 0 atom stereocenters. The number of amides is 2. The molecule has 1 aromatic rings. The van der Waals surface area contributed by atoms with Crippen LogP contribution in [0.25, 0.3) is 0 Å². The van der Waals surface area contributed by atoms with Crippen LogP contribution in [0.4, 0.5) is 0 Å². The molecular formula is C14H15BrN2O2. The highest BCUT2D eigenvalue weighted by Crippen LogP contribution is 2.11. The molecule has 0 aromatic heterocycles. The van der Waals surface area contributed by atoms with Gasteiger partial charge in [0.1, 0.15) is 0 Å². The minimum atomic E-state index is -0.282. The number of hydrogen-bond donors (Lipinski definition) is 2. The van der Waals surface area contributed by atoms with Crippen molar-refractivity contribution < 1.29 is 9.59 Å². The Bertz CT molecular complexity index is 477. The summed E-state index contributed by atoms with van der Waals surface area (Å²) < 4.78 is 1.01. The second-order valence-corrected chi connectivity index (χ2v) is 4.80. The van der Waals surface area contributed by atoms with Crippen molar-refractivity contribution in [2.45, 2.75) is 12.8 Å². The fourth-order valence-corrected chi connectivity index (χ4v) is 1.65. The third-order valence-electron chi connectivity index (χ3n) is 2.39. The molecule has 2 N–H and O–H groups in total. The molecule has 100 valence electrons. The van der Waals surface area contributed by atoms with Gasteiger partial charge < -0.3 is 10.6 Å². The van der Waals surface area contributed by atoms with E-state index in [2.05, 4.69) is 32.5 Å². The van der Waals surface area contributed by atoms with Gasteiger partial charge in [-0.1, -0.05) is 34.0 Å². The minimum Gasteiger partial charge on any atom is -0.347 e. The van der Waals surface area contributed by atoms with Crippen LogP contribution in [-0.2, 0) is 16.0 Å². The third-order valence-corrected chi connectivity index (χ3v) is 2.92. The van der Waals surface area contributed by atoms with E-state index >= 15 is 0 Å². The van der Waals surface area contributed by atoms with Gasteiger partial charge in [0.2, 0.25) is 11.8 Å². The Labute approximate surface area is 121 Å². The van der Waals surface area contributed by atoms with Gasteiger partial charge in [-0.2, -0.15) is 0 Å². The summed E-state index contributed by atoms with van der Waals surface area (Å²) in [6, 6.07) is 7.77. The van der Waals surface area contributed by atoms with E-state index in [1.165, 1.54) is 0 Å². The van der Waals surface area contributed by atoms with Gasteiger partial charge in [-0.05, 0) is 24.1 Å². The molecular weight excluding hydrogens is 308 g/mol. The number of hydrogen-bond acceptors (Lipinski definition) is 2. The fourth-order valence-electron chi connectivity index (χ4n) is 1.39. The Balaban J connectivity index is 2.23. The molecule has 0 aliphatic rings. The first-order chi connectivity index (χ1) is 9.11. The summed E-state index contributed by atoms with van der Waals surface area (Å²) in [5.74, 6) is 1.85. The van der Waals surface area contributed by atoms with Gasteiger partial charge in [-0.3, -0.25) is 9.59 Å². The molecule has 0 saturated heterocycles. The van der Waals surface area contributed by atoms with Crippen LogP contribution in [0.1, 0.15) is 12.0 Å². The first-order valence-electron chi connectivity index (χ1n) is 5.83. The average molecular weight is 323 g/mol. The van der Waals surface area contributed by atoms with Crippen molar-refractivity contribution >= 4 is 27.7 Å². The van der Waals surface area contributed by atoms with Gasteiger partial charge in [0.25, 0.3) is 0 Å². The monoisotopic (exact) mass is 322 g/mol. The van der Waals surface area contributed by atoms with Gasteiger partial charge >= 0.3 is 0 Å². The van der Waals surface area contributed by atoms with Crippen LogP contribution in [-0.4, -0.2) is 24.9 Å². The zero-order valence-electron chi connectivity index (χ0n) is 10.4. The van der Waals surface area contributed by atoms with Gasteiger partial charge in [-0.15, -0.1) is 6.42 Å². The molecule has 0 saturated carbocycles. The lowest BCUT2D eigenvalue weighted by Crippen LogP contribution is -2.37. The predicted molar refractivity (Wildman–Crippen MR) is 77.3 cm³/mol. The number of aryl methyl sites for hydroxylation is 1. The molecule has 0 heterocycles. The van der Waals surface area contributed by atoms with Crippen molar-refractivity contribution in [3.63, 3.8) is 0 Å². The lowest BCUT2D eigenvalue weighted by Gasteiger charge is -2.05. The maximum atomic E-state index is 11.5. The summed E-state index contributed by atoms with van der Waals surface area (Å²) in [4.78, 5) is 22.7. The van der Waals surface area contributed by atoms with Crippen LogP contribution in [0.5, 0.6) is 0 Å². The van der Waals surface area contributed by atoms with E-state index in [9.17, 15) is 9.59 Å². The Morgan fingerprint density at radius 1 is 1.16 bits per heavy atom. The maximum absolute atomic E-state index is 11.5. The molecule has 0 spiro atoms. The standard InChI is InChI=1S/C14H15BrN2O2/c1-2-9-16-14(19)10-17-13(18)8-5-11-3-6-12(15)7-4-11/h1,3-4,6-7H,5,8-10H2,(H,16,19)(H,17,18). The van der Waals surface area contributed by atoms with Crippen molar-refractivity contribution in [3.8, 4) is 12.3 Å². The van der Waals surface area contributed by atoms with Crippen molar-refractivity contribution in [3.05, 3.63) is 34.3 Å². The van der Waals surface area contributed by atoms with Gasteiger partial charge in [0.05, 0.1) is 13.1 Å². The first-order valence-corrected chi connectivity index (χ1v) is 6.62. The van der Waals surface area contributed by atoms with Crippen molar-refractivity contribution in [2.24, 2.45) is 0 Å². The highest BCUT2D eigenvalue weighted by Gasteiger charge is 2.05. The van der Waals surface area contributed by atoms with E-state index in [4.69, 9.17) is 6.42 Å². The second-order valence-electron chi connectivity index (χ2n) is 3.88. The van der Waals surface area contributed by atoms with E-state index in [1.54, 1.807) is 0 Å². The number of terminal acetylenes is 1. The number of halogens is 1. The zero-order valence-corrected chi connectivity index (χ0v) is 12.0. The number of benzene rings is 1. The van der Waals surface area contributed by atoms with Crippen LogP contribution in [0.3, 0.4) is 0 Å². The SMILES string of the molecule is C#CCNC(=O)CNC(=O)CCc1ccc(Br)cc1. The molecule has 0 radical (unpaired) electrons. The van der Waals surface area contributed by atoms with E-state index in [1.807, 2.05) is 24.3 Å². The van der Waals surface area contributed by atoms with Gasteiger partial charge in [0.15, 0.2) is 0 Å². The summed E-state index contributed by atoms with van der Waals surface area (Å²) in [6.07, 6.45) is 6.00. The third kappa shape index (κ3) is 6.63. The molecule has 1 rings (SSSR count). The molecule has 0 bridgehead atoms. The molecule has 2 amide bonds.